The molecule has 6 heteroatoms. The second-order valence-corrected chi connectivity index (χ2v) is 5.69. The predicted octanol–water partition coefficient (Wildman–Crippen LogP) is 3.04. The van der Waals surface area contributed by atoms with Crippen molar-refractivity contribution >= 4 is 11.9 Å². The summed E-state index contributed by atoms with van der Waals surface area (Å²) in [5.41, 5.74) is 1.12. The van der Waals surface area contributed by atoms with Gasteiger partial charge in [0.2, 0.25) is 5.91 Å². The van der Waals surface area contributed by atoms with Crippen LogP contribution in [0.5, 0.6) is 5.75 Å². The lowest BCUT2D eigenvalue weighted by Gasteiger charge is -2.15. The van der Waals surface area contributed by atoms with Gasteiger partial charge in [0.1, 0.15) is 17.7 Å². The summed E-state index contributed by atoms with van der Waals surface area (Å²) in [7, 11) is 0. The molecule has 0 saturated heterocycles. The van der Waals surface area contributed by atoms with Crippen LogP contribution in [0.25, 0.3) is 0 Å². The molecule has 1 unspecified atom stereocenters. The summed E-state index contributed by atoms with van der Waals surface area (Å²) >= 11 is 0. The van der Waals surface area contributed by atoms with Crippen LogP contribution in [0.15, 0.2) is 48.5 Å². The second kappa shape index (κ2) is 8.82. The fraction of sp³-hybridized carbons (Fsp3) is 0.263. The average Bonchev–Trinajstić information content (AvgIpc) is 2.60. The Kier molecular flexibility index (Phi) is 6.51. The number of carbonyl (C=O) groups is 2. The van der Waals surface area contributed by atoms with Crippen molar-refractivity contribution in [2.75, 3.05) is 6.54 Å². The maximum atomic E-state index is 12.8. The number of amides is 1. The van der Waals surface area contributed by atoms with E-state index in [2.05, 4.69) is 5.32 Å². The number of hydrogen-bond donors (Lipinski definition) is 2. The van der Waals surface area contributed by atoms with Crippen LogP contribution < -0.4 is 10.1 Å². The van der Waals surface area contributed by atoms with E-state index in [0.29, 0.717) is 25.1 Å². The van der Waals surface area contributed by atoms with Gasteiger partial charge in [0.05, 0.1) is 12.1 Å². The first kappa shape index (κ1) is 18.4. The maximum absolute atomic E-state index is 12.8. The summed E-state index contributed by atoms with van der Waals surface area (Å²) < 4.78 is 18.4. The van der Waals surface area contributed by atoms with E-state index in [1.165, 1.54) is 36.4 Å². The van der Waals surface area contributed by atoms with Crippen molar-refractivity contribution in [3.05, 3.63) is 65.5 Å². The molecule has 2 rings (SSSR count). The molecule has 0 bridgehead atoms. The van der Waals surface area contributed by atoms with Crippen molar-refractivity contribution in [2.24, 2.45) is 0 Å². The van der Waals surface area contributed by atoms with Gasteiger partial charge in [0, 0.05) is 6.42 Å². The number of carboxylic acids is 1. The third-order valence-corrected chi connectivity index (χ3v) is 3.58. The number of benzene rings is 2. The molecule has 2 N–H and O–H groups in total. The van der Waals surface area contributed by atoms with Gasteiger partial charge in [-0.15, -0.1) is 0 Å². The van der Waals surface area contributed by atoms with Crippen molar-refractivity contribution in [3.8, 4) is 5.75 Å². The Morgan fingerprint density at radius 3 is 2.36 bits per heavy atom. The summed E-state index contributed by atoms with van der Waals surface area (Å²) in [6, 6.07) is 12.2. The molecule has 0 aliphatic heterocycles. The number of halogens is 1. The van der Waals surface area contributed by atoms with Crippen molar-refractivity contribution in [3.63, 3.8) is 0 Å². The summed E-state index contributed by atoms with van der Waals surface area (Å²) in [6.07, 6.45) is 0.582. The highest BCUT2D eigenvalue weighted by atomic mass is 19.1. The van der Waals surface area contributed by atoms with Crippen LogP contribution in [-0.4, -0.2) is 29.6 Å². The van der Waals surface area contributed by atoms with E-state index < -0.39 is 5.97 Å². The Hall–Kier alpha value is -2.89. The number of carbonyl (C=O) groups excluding carboxylic acids is 1. The molecule has 0 heterocycles. The fourth-order valence-corrected chi connectivity index (χ4v) is 2.20. The van der Waals surface area contributed by atoms with Crippen LogP contribution in [0.2, 0.25) is 0 Å². The number of nitrogens with one attached hydrogen (secondary N) is 1. The molecule has 0 aromatic heterocycles. The highest BCUT2D eigenvalue weighted by molar-refractivity contribution is 5.87. The number of aryl methyl sites for hydroxylation is 1. The van der Waals surface area contributed by atoms with Crippen LogP contribution in [0.3, 0.4) is 0 Å². The topological polar surface area (TPSA) is 75.6 Å². The normalized spacial score (nSPS) is 11.6. The van der Waals surface area contributed by atoms with Crippen LogP contribution in [0.4, 0.5) is 4.39 Å². The van der Waals surface area contributed by atoms with Crippen molar-refractivity contribution in [1.29, 1.82) is 0 Å². The summed E-state index contributed by atoms with van der Waals surface area (Å²) in [6.45, 7) is 2.16. The van der Waals surface area contributed by atoms with Gasteiger partial charge < -0.3 is 15.2 Å². The average molecular weight is 345 g/mol. The molecule has 0 fully saturated rings. The number of rotatable bonds is 8. The van der Waals surface area contributed by atoms with Gasteiger partial charge in [-0.3, -0.25) is 4.79 Å². The first-order valence-corrected chi connectivity index (χ1v) is 7.95. The zero-order valence-electron chi connectivity index (χ0n) is 13.9. The second-order valence-electron chi connectivity index (χ2n) is 5.69. The monoisotopic (exact) mass is 345 g/mol. The van der Waals surface area contributed by atoms with E-state index in [4.69, 9.17) is 9.84 Å². The Labute approximate surface area is 145 Å². The van der Waals surface area contributed by atoms with Gasteiger partial charge in [0.25, 0.3) is 0 Å². The first-order valence-electron chi connectivity index (χ1n) is 7.95. The molecule has 0 spiro atoms. The largest absolute Gasteiger partial charge is 0.489 e. The van der Waals surface area contributed by atoms with Crippen LogP contribution in [0.1, 0.15) is 29.3 Å². The molecule has 0 aliphatic rings. The molecule has 0 saturated carbocycles. The van der Waals surface area contributed by atoms with E-state index in [-0.39, 0.29) is 23.4 Å². The van der Waals surface area contributed by atoms with Gasteiger partial charge in [0.15, 0.2) is 0 Å². The predicted molar refractivity (Wildman–Crippen MR) is 91.2 cm³/mol. The Morgan fingerprint density at radius 2 is 1.76 bits per heavy atom. The minimum absolute atomic E-state index is 0.114. The number of hydrogen-bond acceptors (Lipinski definition) is 3. The highest BCUT2D eigenvalue weighted by Gasteiger charge is 2.08. The zero-order chi connectivity index (χ0) is 18.2. The Morgan fingerprint density at radius 1 is 1.12 bits per heavy atom. The molecule has 0 aliphatic carbocycles. The number of aromatic carboxylic acids is 1. The molecule has 1 amide bonds. The lowest BCUT2D eigenvalue weighted by molar-refractivity contribution is -0.121. The van der Waals surface area contributed by atoms with E-state index in [1.54, 1.807) is 12.1 Å². The van der Waals surface area contributed by atoms with Crippen molar-refractivity contribution in [1.82, 2.24) is 5.32 Å². The van der Waals surface area contributed by atoms with Gasteiger partial charge in [-0.05, 0) is 55.3 Å². The third-order valence-electron chi connectivity index (χ3n) is 3.58. The molecule has 0 radical (unpaired) electrons. The summed E-state index contributed by atoms with van der Waals surface area (Å²) in [5, 5.41) is 11.6. The molecular weight excluding hydrogens is 325 g/mol. The van der Waals surface area contributed by atoms with E-state index in [0.717, 1.165) is 5.56 Å². The van der Waals surface area contributed by atoms with E-state index in [1.807, 2.05) is 6.92 Å². The van der Waals surface area contributed by atoms with E-state index >= 15 is 0 Å². The van der Waals surface area contributed by atoms with Crippen LogP contribution in [-0.2, 0) is 11.2 Å². The standard InChI is InChI=1S/C19H20FNO4/c1-13(25-17-9-7-16(20)8-10-17)12-21-18(22)11-4-14-2-5-15(6-3-14)19(23)24/h2-3,5-10,13H,4,11-12H2,1H3,(H,21,22)(H,23,24). The third kappa shape index (κ3) is 6.25. The SMILES string of the molecule is CC(CNC(=O)CCc1ccc(C(=O)O)cc1)Oc1ccc(F)cc1. The quantitative estimate of drug-likeness (QED) is 0.771. The minimum atomic E-state index is -0.973. The fourth-order valence-electron chi connectivity index (χ4n) is 2.20. The number of ether oxygens (including phenoxy) is 1. The van der Waals surface area contributed by atoms with Gasteiger partial charge in [-0.1, -0.05) is 12.1 Å². The molecular formula is C19H20FNO4. The lowest BCUT2D eigenvalue weighted by Crippen LogP contribution is -2.33. The maximum Gasteiger partial charge on any atom is 0.335 e. The van der Waals surface area contributed by atoms with Crippen molar-refractivity contribution < 1.29 is 23.8 Å². The van der Waals surface area contributed by atoms with Gasteiger partial charge >= 0.3 is 5.97 Å². The Balaban J connectivity index is 1.71. The lowest BCUT2D eigenvalue weighted by atomic mass is 10.1. The Bertz CT molecular complexity index is 713. The van der Waals surface area contributed by atoms with Gasteiger partial charge in [-0.25, -0.2) is 9.18 Å². The highest BCUT2D eigenvalue weighted by Crippen LogP contribution is 2.12. The minimum Gasteiger partial charge on any atom is -0.489 e. The smallest absolute Gasteiger partial charge is 0.335 e. The summed E-state index contributed by atoms with van der Waals surface area (Å²) in [4.78, 5) is 22.7. The molecule has 25 heavy (non-hydrogen) atoms. The summed E-state index contributed by atoms with van der Waals surface area (Å²) in [5.74, 6) is -0.873. The van der Waals surface area contributed by atoms with Gasteiger partial charge in [-0.2, -0.15) is 0 Å². The first-order chi connectivity index (χ1) is 11.9. The van der Waals surface area contributed by atoms with E-state index in [9.17, 15) is 14.0 Å². The molecule has 5 nitrogen and oxygen atoms in total. The molecule has 1 atom stereocenters. The molecule has 2 aromatic rings. The molecule has 132 valence electrons. The molecule has 2 aromatic carbocycles. The number of carboxylic acid groups (broad SMARTS) is 1. The zero-order valence-corrected chi connectivity index (χ0v) is 13.9. The van der Waals surface area contributed by atoms with Crippen LogP contribution in [0, 0.1) is 5.82 Å². The van der Waals surface area contributed by atoms with Crippen molar-refractivity contribution in [2.45, 2.75) is 25.9 Å². The van der Waals surface area contributed by atoms with Crippen LogP contribution >= 0.6 is 0 Å².